The van der Waals surface area contributed by atoms with Crippen LogP contribution in [0.1, 0.15) is 0 Å². The number of anilines is 1. The van der Waals surface area contributed by atoms with Crippen LogP contribution in [0.2, 0.25) is 0 Å². The van der Waals surface area contributed by atoms with Crippen LogP contribution < -0.4 is 5.32 Å². The predicted molar refractivity (Wildman–Crippen MR) is 66.4 cm³/mol. The number of halogens is 1. The first-order chi connectivity index (χ1) is 9.28. The number of ether oxygens (including phenoxy) is 2. The third kappa shape index (κ3) is 2.68. The van der Waals surface area contributed by atoms with Gasteiger partial charge in [-0.1, -0.05) is 0 Å². The third-order valence-electron chi connectivity index (χ3n) is 3.62. The summed E-state index contributed by atoms with van der Waals surface area (Å²) in [5.41, 5.74) is -0.172. The van der Waals surface area contributed by atoms with Gasteiger partial charge in [0, 0.05) is 19.6 Å². The second kappa shape index (κ2) is 5.36. The second-order valence-corrected chi connectivity index (χ2v) is 4.90. The first-order valence-electron chi connectivity index (χ1n) is 6.40. The normalized spacial score (nSPS) is 22.8. The van der Waals surface area contributed by atoms with Gasteiger partial charge in [0.1, 0.15) is 0 Å². The Bertz CT molecular complexity index is 416. The highest BCUT2D eigenvalue weighted by atomic mass is 19.1. The minimum atomic E-state index is -0.438. The van der Waals surface area contributed by atoms with E-state index in [4.69, 9.17) is 9.47 Å². The molecule has 0 amide bonds. The fourth-order valence-corrected chi connectivity index (χ4v) is 2.55. The molecule has 104 valence electrons. The number of rotatable bonds is 3. The Hall–Kier alpha value is -1.31. The number of nitrogens with one attached hydrogen (secondary N) is 1. The summed E-state index contributed by atoms with van der Waals surface area (Å²) in [6.07, 6.45) is 2.30. The van der Waals surface area contributed by atoms with Crippen molar-refractivity contribution < 1.29 is 13.9 Å². The third-order valence-corrected chi connectivity index (χ3v) is 3.62. The van der Waals surface area contributed by atoms with E-state index in [1.54, 1.807) is 0 Å². The Morgan fingerprint density at radius 1 is 1.21 bits per heavy atom. The summed E-state index contributed by atoms with van der Waals surface area (Å²) < 4.78 is 23.9. The van der Waals surface area contributed by atoms with Crippen LogP contribution in [0.5, 0.6) is 0 Å². The lowest BCUT2D eigenvalue weighted by molar-refractivity contribution is -0.135. The van der Waals surface area contributed by atoms with Crippen molar-refractivity contribution in [3.63, 3.8) is 0 Å². The molecule has 0 aliphatic carbocycles. The van der Waals surface area contributed by atoms with Crippen molar-refractivity contribution >= 4 is 5.95 Å². The SMILES string of the molecule is Fc1cnc(NCC23COCCN2CCOC3)nc1. The molecule has 1 N–H and O–H groups in total. The number of nitrogens with zero attached hydrogens (tertiary/aromatic N) is 3. The van der Waals surface area contributed by atoms with Crippen LogP contribution in [-0.4, -0.2) is 66.5 Å². The summed E-state index contributed by atoms with van der Waals surface area (Å²) in [4.78, 5) is 10.2. The summed E-state index contributed by atoms with van der Waals surface area (Å²) in [6, 6.07) is 0. The zero-order valence-electron chi connectivity index (χ0n) is 10.6. The molecule has 2 fully saturated rings. The van der Waals surface area contributed by atoms with Crippen LogP contribution in [0.3, 0.4) is 0 Å². The molecule has 3 heterocycles. The molecule has 6 nitrogen and oxygen atoms in total. The lowest BCUT2D eigenvalue weighted by atomic mass is 9.96. The van der Waals surface area contributed by atoms with Gasteiger partial charge in [-0.15, -0.1) is 0 Å². The lowest BCUT2D eigenvalue weighted by Crippen LogP contribution is -2.66. The summed E-state index contributed by atoms with van der Waals surface area (Å²) >= 11 is 0. The maximum atomic E-state index is 12.7. The highest BCUT2D eigenvalue weighted by Crippen LogP contribution is 2.24. The van der Waals surface area contributed by atoms with Gasteiger partial charge in [0.15, 0.2) is 5.82 Å². The molecule has 3 rings (SSSR count). The number of hydrogen-bond acceptors (Lipinski definition) is 6. The molecule has 0 spiro atoms. The van der Waals surface area contributed by atoms with Gasteiger partial charge in [0.2, 0.25) is 5.95 Å². The second-order valence-electron chi connectivity index (χ2n) is 4.90. The van der Waals surface area contributed by atoms with E-state index >= 15 is 0 Å². The van der Waals surface area contributed by atoms with Crippen molar-refractivity contribution in [2.45, 2.75) is 5.54 Å². The highest BCUT2D eigenvalue weighted by molar-refractivity contribution is 5.24. The summed E-state index contributed by atoms with van der Waals surface area (Å²) in [5, 5.41) is 3.14. The van der Waals surface area contributed by atoms with E-state index < -0.39 is 5.82 Å². The monoisotopic (exact) mass is 268 g/mol. The van der Waals surface area contributed by atoms with Gasteiger partial charge >= 0.3 is 0 Å². The van der Waals surface area contributed by atoms with Gasteiger partial charge < -0.3 is 14.8 Å². The van der Waals surface area contributed by atoms with Crippen molar-refractivity contribution in [3.8, 4) is 0 Å². The molecule has 2 aliphatic heterocycles. The van der Waals surface area contributed by atoms with Gasteiger partial charge in [-0.05, 0) is 0 Å². The van der Waals surface area contributed by atoms with Gasteiger partial charge in [-0.2, -0.15) is 0 Å². The standard InChI is InChI=1S/C12H17FN4O2/c13-10-5-14-11(15-6-10)16-7-12-8-18-3-1-17(12)2-4-19-9-12/h5-6H,1-4,7-9H2,(H,14,15,16). The van der Waals surface area contributed by atoms with E-state index in [0.717, 1.165) is 38.7 Å². The fourth-order valence-electron chi connectivity index (χ4n) is 2.55. The van der Waals surface area contributed by atoms with Crippen LogP contribution in [0.25, 0.3) is 0 Å². The molecule has 1 aromatic heterocycles. The molecule has 7 heteroatoms. The van der Waals surface area contributed by atoms with Crippen molar-refractivity contribution in [1.29, 1.82) is 0 Å². The molecule has 2 aliphatic rings. The zero-order valence-corrected chi connectivity index (χ0v) is 10.6. The zero-order chi connectivity index (χ0) is 13.1. The molecular weight excluding hydrogens is 251 g/mol. The van der Waals surface area contributed by atoms with Crippen LogP contribution in [-0.2, 0) is 9.47 Å². The summed E-state index contributed by atoms with van der Waals surface area (Å²) in [5.74, 6) is -0.0146. The summed E-state index contributed by atoms with van der Waals surface area (Å²) in [6.45, 7) is 5.22. The number of morpholine rings is 2. The minimum Gasteiger partial charge on any atom is -0.378 e. The quantitative estimate of drug-likeness (QED) is 0.841. The molecule has 2 saturated heterocycles. The number of fused-ring (bicyclic) bond motifs is 1. The van der Waals surface area contributed by atoms with Crippen LogP contribution in [0, 0.1) is 5.82 Å². The molecule has 1 aromatic rings. The molecule has 0 radical (unpaired) electrons. The van der Waals surface area contributed by atoms with E-state index in [2.05, 4.69) is 20.2 Å². The maximum absolute atomic E-state index is 12.7. The Kier molecular flexibility index (Phi) is 3.58. The highest BCUT2D eigenvalue weighted by Gasteiger charge is 2.42. The molecule has 0 aromatic carbocycles. The van der Waals surface area contributed by atoms with E-state index in [9.17, 15) is 4.39 Å². The van der Waals surface area contributed by atoms with Crippen LogP contribution in [0.15, 0.2) is 12.4 Å². The fraction of sp³-hybridized carbons (Fsp3) is 0.667. The molecule has 19 heavy (non-hydrogen) atoms. The Morgan fingerprint density at radius 3 is 2.47 bits per heavy atom. The average Bonchev–Trinajstić information content (AvgIpc) is 2.47. The Balaban J connectivity index is 1.67. The Morgan fingerprint density at radius 2 is 1.84 bits per heavy atom. The minimum absolute atomic E-state index is 0.172. The summed E-state index contributed by atoms with van der Waals surface area (Å²) in [7, 11) is 0. The molecule has 0 bridgehead atoms. The van der Waals surface area contributed by atoms with Crippen molar-refractivity contribution in [1.82, 2.24) is 14.9 Å². The van der Waals surface area contributed by atoms with Gasteiger partial charge in [0.25, 0.3) is 0 Å². The van der Waals surface area contributed by atoms with Crippen LogP contribution in [0.4, 0.5) is 10.3 Å². The van der Waals surface area contributed by atoms with Crippen molar-refractivity contribution in [3.05, 3.63) is 18.2 Å². The van der Waals surface area contributed by atoms with E-state index in [1.807, 2.05) is 0 Å². The first-order valence-corrected chi connectivity index (χ1v) is 6.40. The lowest BCUT2D eigenvalue weighted by Gasteiger charge is -2.49. The van der Waals surface area contributed by atoms with Crippen molar-refractivity contribution in [2.24, 2.45) is 0 Å². The topological polar surface area (TPSA) is 59.5 Å². The number of aromatic nitrogens is 2. The average molecular weight is 268 g/mol. The largest absolute Gasteiger partial charge is 0.378 e. The van der Waals surface area contributed by atoms with Gasteiger partial charge in [-0.3, -0.25) is 4.90 Å². The van der Waals surface area contributed by atoms with E-state index in [-0.39, 0.29) is 5.54 Å². The molecule has 0 atom stereocenters. The van der Waals surface area contributed by atoms with E-state index in [0.29, 0.717) is 25.7 Å². The van der Waals surface area contributed by atoms with Crippen LogP contribution >= 0.6 is 0 Å². The first kappa shape index (κ1) is 12.7. The Labute approximate surface area is 110 Å². The van der Waals surface area contributed by atoms with Crippen molar-refractivity contribution in [2.75, 3.05) is 51.4 Å². The van der Waals surface area contributed by atoms with E-state index in [1.165, 1.54) is 0 Å². The molecular formula is C12H17FN4O2. The smallest absolute Gasteiger partial charge is 0.222 e. The van der Waals surface area contributed by atoms with Gasteiger partial charge in [-0.25, -0.2) is 14.4 Å². The maximum Gasteiger partial charge on any atom is 0.222 e. The number of hydrogen-bond donors (Lipinski definition) is 1. The molecule has 0 unspecified atom stereocenters. The predicted octanol–water partition coefficient (Wildman–Crippen LogP) is 0.129. The molecule has 0 saturated carbocycles. The van der Waals surface area contributed by atoms with Gasteiger partial charge in [0.05, 0.1) is 44.4 Å².